The summed E-state index contributed by atoms with van der Waals surface area (Å²) in [5, 5.41) is 15.0. The zero-order valence-electron chi connectivity index (χ0n) is 13.4. The first-order valence-electron chi connectivity index (χ1n) is 7.85. The van der Waals surface area contributed by atoms with Gasteiger partial charge >= 0.3 is 0 Å². The number of amides is 1. The van der Waals surface area contributed by atoms with Crippen molar-refractivity contribution < 1.29 is 9.42 Å². The lowest BCUT2D eigenvalue weighted by atomic mass is 10.1. The number of rotatable bonds is 3. The molecule has 0 unspecified atom stereocenters. The Hall–Kier alpha value is -2.48. The topological polar surface area (TPSA) is 87.9 Å². The average Bonchev–Trinajstić information content (AvgIpc) is 3.33. The van der Waals surface area contributed by atoms with Crippen LogP contribution in [0.4, 0.5) is 0 Å². The highest BCUT2D eigenvalue weighted by Crippen LogP contribution is 2.34. The van der Waals surface area contributed by atoms with Gasteiger partial charge in [0.25, 0.3) is 5.91 Å². The minimum atomic E-state index is -0.0899. The summed E-state index contributed by atoms with van der Waals surface area (Å²) < 4.78 is 4.80. The number of likely N-dealkylation sites (tertiary alicyclic amines) is 1. The van der Waals surface area contributed by atoms with Crippen LogP contribution < -0.4 is 0 Å². The first-order valence-corrected chi connectivity index (χ1v) is 8.67. The highest BCUT2D eigenvalue weighted by Gasteiger charge is 2.35. The van der Waals surface area contributed by atoms with Gasteiger partial charge in [0.15, 0.2) is 5.69 Å². The number of carbonyl (C=O) groups excluding carboxylic acids is 1. The summed E-state index contributed by atoms with van der Waals surface area (Å²) in [5.41, 5.74) is 2.77. The lowest BCUT2D eigenvalue weighted by molar-refractivity contribution is 0.0724. The maximum absolute atomic E-state index is 12.9. The fourth-order valence-corrected chi connectivity index (χ4v) is 3.95. The van der Waals surface area contributed by atoms with E-state index in [1.54, 1.807) is 11.3 Å². The Balaban J connectivity index is 1.59. The quantitative estimate of drug-likeness (QED) is 0.789. The summed E-state index contributed by atoms with van der Waals surface area (Å²) >= 11 is 1.67. The van der Waals surface area contributed by atoms with Gasteiger partial charge in [0.1, 0.15) is 11.4 Å². The highest BCUT2D eigenvalue weighted by atomic mass is 32.1. The number of hydrogen-bond acceptors (Lipinski definition) is 6. The Morgan fingerprint density at radius 2 is 2.25 bits per heavy atom. The van der Waals surface area contributed by atoms with Gasteiger partial charge in [-0.1, -0.05) is 10.3 Å². The van der Waals surface area contributed by atoms with Crippen LogP contribution in [-0.4, -0.2) is 37.9 Å². The zero-order chi connectivity index (χ0) is 16.7. The molecular formula is C16H17N5O2S. The third-order valence-corrected chi connectivity index (χ3v) is 5.35. The van der Waals surface area contributed by atoms with Gasteiger partial charge in [-0.3, -0.25) is 9.89 Å². The first kappa shape index (κ1) is 15.1. The van der Waals surface area contributed by atoms with Crippen LogP contribution in [0.25, 0.3) is 10.6 Å². The lowest BCUT2D eigenvalue weighted by Crippen LogP contribution is -2.31. The minimum absolute atomic E-state index is 0.0873. The molecule has 1 N–H and O–H groups in total. The molecule has 4 rings (SSSR count). The molecule has 1 amide bonds. The summed E-state index contributed by atoms with van der Waals surface area (Å²) in [6.45, 7) is 4.59. The number of nitrogens with zero attached hydrogens (tertiary/aromatic N) is 4. The van der Waals surface area contributed by atoms with Gasteiger partial charge in [0, 0.05) is 11.4 Å². The summed E-state index contributed by atoms with van der Waals surface area (Å²) in [5.74, 6) is -0.0873. The molecule has 4 heterocycles. The van der Waals surface area contributed by atoms with Crippen LogP contribution in [0.5, 0.6) is 0 Å². The molecule has 3 aromatic heterocycles. The largest absolute Gasteiger partial charge is 0.328 e. The Labute approximate surface area is 142 Å². The number of aromatic nitrogens is 4. The van der Waals surface area contributed by atoms with Gasteiger partial charge in [-0.25, -0.2) is 4.63 Å². The van der Waals surface area contributed by atoms with E-state index in [-0.39, 0.29) is 11.9 Å². The van der Waals surface area contributed by atoms with E-state index < -0.39 is 0 Å². The second-order valence-electron chi connectivity index (χ2n) is 5.97. The number of H-pyrrole nitrogens is 1. The van der Waals surface area contributed by atoms with Crippen LogP contribution in [0.3, 0.4) is 0 Å². The van der Waals surface area contributed by atoms with Crippen LogP contribution in [0.1, 0.15) is 45.6 Å². The molecule has 0 radical (unpaired) electrons. The normalized spacial score (nSPS) is 17.6. The molecule has 124 valence electrons. The monoisotopic (exact) mass is 343 g/mol. The van der Waals surface area contributed by atoms with E-state index in [0.717, 1.165) is 34.8 Å². The molecule has 1 atom stereocenters. The van der Waals surface area contributed by atoms with Crippen LogP contribution in [-0.2, 0) is 0 Å². The maximum Gasteiger partial charge on any atom is 0.274 e. The van der Waals surface area contributed by atoms with Crippen LogP contribution >= 0.6 is 11.3 Å². The second kappa shape index (κ2) is 5.86. The number of nitrogens with one attached hydrogen (secondary N) is 1. The Kier molecular flexibility index (Phi) is 3.68. The van der Waals surface area contributed by atoms with Crippen LogP contribution in [0, 0.1) is 13.8 Å². The van der Waals surface area contributed by atoms with Crippen LogP contribution in [0.2, 0.25) is 0 Å². The van der Waals surface area contributed by atoms with Crippen molar-refractivity contribution in [2.75, 3.05) is 6.54 Å². The lowest BCUT2D eigenvalue weighted by Gasteiger charge is -2.22. The summed E-state index contributed by atoms with van der Waals surface area (Å²) in [4.78, 5) is 17.0. The molecule has 1 aliphatic heterocycles. The van der Waals surface area contributed by atoms with E-state index in [2.05, 4.69) is 33.5 Å². The molecule has 3 aromatic rings. The van der Waals surface area contributed by atoms with Crippen molar-refractivity contribution in [1.82, 2.24) is 25.4 Å². The molecular weight excluding hydrogens is 326 g/mol. The van der Waals surface area contributed by atoms with Gasteiger partial charge in [-0.15, -0.1) is 11.3 Å². The number of aromatic amines is 1. The summed E-state index contributed by atoms with van der Waals surface area (Å²) in [7, 11) is 0. The predicted molar refractivity (Wildman–Crippen MR) is 88.7 cm³/mol. The van der Waals surface area contributed by atoms with E-state index in [1.165, 1.54) is 4.88 Å². The molecule has 0 bridgehead atoms. The van der Waals surface area contributed by atoms with Gasteiger partial charge in [-0.2, -0.15) is 5.10 Å². The SMILES string of the molecule is Cc1ccc(-c2cc(C(=O)N3CCC[C@@H]3c3nonc3C)n[nH]2)s1. The molecule has 0 aromatic carbocycles. The highest BCUT2D eigenvalue weighted by molar-refractivity contribution is 7.15. The van der Waals surface area contributed by atoms with E-state index in [0.29, 0.717) is 12.2 Å². The van der Waals surface area contributed by atoms with Crippen molar-refractivity contribution in [3.63, 3.8) is 0 Å². The second-order valence-corrected chi connectivity index (χ2v) is 7.26. The average molecular weight is 343 g/mol. The van der Waals surface area contributed by atoms with Crippen LogP contribution in [0.15, 0.2) is 22.8 Å². The van der Waals surface area contributed by atoms with Crippen molar-refractivity contribution in [2.45, 2.75) is 32.7 Å². The Morgan fingerprint density at radius 3 is 2.96 bits per heavy atom. The summed E-state index contributed by atoms with van der Waals surface area (Å²) in [6.07, 6.45) is 1.80. The van der Waals surface area contributed by atoms with Crippen molar-refractivity contribution in [2.24, 2.45) is 0 Å². The van der Waals surface area contributed by atoms with Gasteiger partial charge in [0.2, 0.25) is 0 Å². The minimum Gasteiger partial charge on any atom is -0.328 e. The molecule has 0 saturated carbocycles. The molecule has 0 aliphatic carbocycles. The molecule has 1 aliphatic rings. The van der Waals surface area contributed by atoms with E-state index in [4.69, 9.17) is 4.63 Å². The van der Waals surface area contributed by atoms with E-state index in [9.17, 15) is 4.79 Å². The Morgan fingerprint density at radius 1 is 1.38 bits per heavy atom. The predicted octanol–water partition coefficient (Wildman–Crippen LogP) is 3.12. The third kappa shape index (κ3) is 2.52. The molecule has 7 nitrogen and oxygen atoms in total. The van der Waals surface area contributed by atoms with Crippen molar-refractivity contribution in [3.05, 3.63) is 40.2 Å². The van der Waals surface area contributed by atoms with Crippen molar-refractivity contribution >= 4 is 17.2 Å². The third-order valence-electron chi connectivity index (χ3n) is 4.32. The van der Waals surface area contributed by atoms with Gasteiger partial charge in [0.05, 0.1) is 16.6 Å². The van der Waals surface area contributed by atoms with Crippen molar-refractivity contribution in [1.29, 1.82) is 0 Å². The molecule has 24 heavy (non-hydrogen) atoms. The van der Waals surface area contributed by atoms with Crippen molar-refractivity contribution in [3.8, 4) is 10.6 Å². The maximum atomic E-state index is 12.9. The molecule has 0 spiro atoms. The zero-order valence-corrected chi connectivity index (χ0v) is 14.3. The van der Waals surface area contributed by atoms with Gasteiger partial charge in [-0.05, 0) is 44.9 Å². The molecule has 1 fully saturated rings. The molecule has 1 saturated heterocycles. The number of hydrogen-bond donors (Lipinski definition) is 1. The number of carbonyl (C=O) groups is 1. The fourth-order valence-electron chi connectivity index (χ4n) is 3.12. The number of aryl methyl sites for hydroxylation is 2. The molecule has 8 heteroatoms. The van der Waals surface area contributed by atoms with E-state index >= 15 is 0 Å². The standard InChI is InChI=1S/C16H17N5O2S/c1-9-5-6-14(24-9)11-8-12(18-17-11)16(22)21-7-3-4-13(21)15-10(2)19-23-20-15/h5-6,8,13H,3-4,7H2,1-2H3,(H,17,18)/t13-/m1/s1. The van der Waals surface area contributed by atoms with Gasteiger partial charge < -0.3 is 4.90 Å². The smallest absolute Gasteiger partial charge is 0.274 e. The first-order chi connectivity index (χ1) is 11.6. The van der Waals surface area contributed by atoms with E-state index in [1.807, 2.05) is 24.0 Å². The fraction of sp³-hybridized carbons (Fsp3) is 0.375. The Bertz CT molecular complexity index is 881. The number of thiophene rings is 1. The summed E-state index contributed by atoms with van der Waals surface area (Å²) in [6, 6.07) is 5.81.